The highest BCUT2D eigenvalue weighted by atomic mass is 32.1. The van der Waals surface area contributed by atoms with E-state index >= 15 is 0 Å². The van der Waals surface area contributed by atoms with Crippen molar-refractivity contribution in [1.82, 2.24) is 10.2 Å². The Labute approximate surface area is 146 Å². The maximum atomic E-state index is 12.5. The van der Waals surface area contributed by atoms with Crippen LogP contribution in [-0.4, -0.2) is 36.3 Å². The van der Waals surface area contributed by atoms with Crippen LogP contribution >= 0.6 is 11.3 Å². The number of carbonyl (C=O) groups excluding carboxylic acids is 2. The third-order valence-corrected chi connectivity index (χ3v) is 4.44. The first-order chi connectivity index (χ1) is 11.7. The number of nitrogens with two attached hydrogens (primary N) is 1. The van der Waals surface area contributed by atoms with E-state index < -0.39 is 0 Å². The smallest absolute Gasteiger partial charge is 0.261 e. The molecule has 1 aromatic carbocycles. The van der Waals surface area contributed by atoms with Crippen LogP contribution < -0.4 is 11.1 Å². The van der Waals surface area contributed by atoms with Gasteiger partial charge in [0.05, 0.1) is 4.88 Å². The molecule has 0 unspecified atom stereocenters. The van der Waals surface area contributed by atoms with Crippen LogP contribution in [0, 0.1) is 0 Å². The summed E-state index contributed by atoms with van der Waals surface area (Å²) in [5, 5.41) is 4.65. The van der Waals surface area contributed by atoms with Crippen molar-refractivity contribution in [1.29, 1.82) is 0 Å². The topological polar surface area (TPSA) is 75.4 Å². The van der Waals surface area contributed by atoms with E-state index in [-0.39, 0.29) is 18.2 Å². The van der Waals surface area contributed by atoms with Gasteiger partial charge >= 0.3 is 0 Å². The van der Waals surface area contributed by atoms with E-state index in [2.05, 4.69) is 5.32 Å². The quantitative estimate of drug-likeness (QED) is 0.732. The molecule has 0 aliphatic heterocycles. The molecule has 1 aromatic heterocycles. The fraction of sp³-hybridized carbons (Fsp3) is 0.333. The van der Waals surface area contributed by atoms with Crippen LogP contribution in [0.25, 0.3) is 0 Å². The van der Waals surface area contributed by atoms with Gasteiger partial charge in [-0.15, -0.1) is 11.3 Å². The van der Waals surface area contributed by atoms with Gasteiger partial charge in [-0.1, -0.05) is 36.4 Å². The molecule has 0 spiro atoms. The standard InChI is InChI=1S/C18H23N3O2S/c19-10-5-12-21(14-15-6-2-1-3-7-15)17(22)9-11-20-18(23)16-8-4-13-24-16/h1-4,6-8,13H,5,9-12,14,19H2,(H,20,23). The van der Waals surface area contributed by atoms with E-state index in [1.807, 2.05) is 41.8 Å². The predicted molar refractivity (Wildman–Crippen MR) is 96.8 cm³/mol. The van der Waals surface area contributed by atoms with E-state index in [4.69, 9.17) is 5.73 Å². The van der Waals surface area contributed by atoms with Gasteiger partial charge in [-0.05, 0) is 30.0 Å². The number of hydrogen-bond acceptors (Lipinski definition) is 4. The average Bonchev–Trinajstić information content (AvgIpc) is 3.14. The Hall–Kier alpha value is -2.18. The highest BCUT2D eigenvalue weighted by molar-refractivity contribution is 7.12. The number of rotatable bonds is 9. The number of carbonyl (C=O) groups is 2. The monoisotopic (exact) mass is 345 g/mol. The Morgan fingerprint density at radius 3 is 2.58 bits per heavy atom. The molecule has 0 fully saturated rings. The Morgan fingerprint density at radius 1 is 1.12 bits per heavy atom. The molecule has 0 bridgehead atoms. The zero-order valence-corrected chi connectivity index (χ0v) is 14.4. The summed E-state index contributed by atoms with van der Waals surface area (Å²) >= 11 is 1.39. The van der Waals surface area contributed by atoms with Gasteiger partial charge in [0.2, 0.25) is 5.91 Å². The fourth-order valence-electron chi connectivity index (χ4n) is 2.31. The molecule has 0 saturated carbocycles. The summed E-state index contributed by atoms with van der Waals surface area (Å²) in [6.45, 7) is 2.08. The molecule has 0 radical (unpaired) electrons. The number of hydrogen-bond donors (Lipinski definition) is 2. The van der Waals surface area contributed by atoms with Crippen LogP contribution in [0.4, 0.5) is 0 Å². The molecule has 24 heavy (non-hydrogen) atoms. The van der Waals surface area contributed by atoms with Crippen molar-refractivity contribution in [3.8, 4) is 0 Å². The highest BCUT2D eigenvalue weighted by Crippen LogP contribution is 2.09. The first kappa shape index (κ1) is 18.2. The zero-order chi connectivity index (χ0) is 17.2. The van der Waals surface area contributed by atoms with Gasteiger partial charge in [-0.2, -0.15) is 0 Å². The first-order valence-corrected chi connectivity index (χ1v) is 8.92. The number of benzene rings is 1. The zero-order valence-electron chi connectivity index (χ0n) is 13.6. The second kappa shape index (κ2) is 9.85. The molecular formula is C18H23N3O2S. The number of thiophene rings is 1. The van der Waals surface area contributed by atoms with Crippen molar-refractivity contribution in [2.45, 2.75) is 19.4 Å². The average molecular weight is 345 g/mol. The number of nitrogens with zero attached hydrogens (tertiary/aromatic N) is 1. The van der Waals surface area contributed by atoms with E-state index in [0.717, 1.165) is 12.0 Å². The Morgan fingerprint density at radius 2 is 1.92 bits per heavy atom. The van der Waals surface area contributed by atoms with Crippen LogP contribution in [0.15, 0.2) is 47.8 Å². The van der Waals surface area contributed by atoms with Crippen molar-refractivity contribution >= 4 is 23.2 Å². The Kier molecular flexibility index (Phi) is 7.45. The largest absolute Gasteiger partial charge is 0.351 e. The van der Waals surface area contributed by atoms with Crippen molar-refractivity contribution < 1.29 is 9.59 Å². The van der Waals surface area contributed by atoms with Crippen LogP contribution in [0.3, 0.4) is 0 Å². The number of amides is 2. The van der Waals surface area contributed by atoms with E-state index in [0.29, 0.717) is 31.1 Å². The molecule has 2 amide bonds. The molecule has 3 N–H and O–H groups in total. The fourth-order valence-corrected chi connectivity index (χ4v) is 2.95. The van der Waals surface area contributed by atoms with Crippen LogP contribution in [0.5, 0.6) is 0 Å². The third kappa shape index (κ3) is 5.79. The van der Waals surface area contributed by atoms with Gasteiger partial charge in [-0.3, -0.25) is 9.59 Å². The second-order valence-corrected chi connectivity index (χ2v) is 6.37. The summed E-state index contributed by atoms with van der Waals surface area (Å²) in [5.74, 6) is -0.104. The molecule has 2 aromatic rings. The van der Waals surface area contributed by atoms with Gasteiger partial charge < -0.3 is 16.0 Å². The van der Waals surface area contributed by atoms with Crippen LogP contribution in [-0.2, 0) is 11.3 Å². The van der Waals surface area contributed by atoms with Gasteiger partial charge in [0, 0.05) is 26.1 Å². The van der Waals surface area contributed by atoms with E-state index in [1.165, 1.54) is 11.3 Å². The first-order valence-electron chi connectivity index (χ1n) is 8.04. The van der Waals surface area contributed by atoms with E-state index in [1.54, 1.807) is 11.0 Å². The van der Waals surface area contributed by atoms with Crippen LogP contribution in [0.1, 0.15) is 28.1 Å². The van der Waals surface area contributed by atoms with Crippen LogP contribution in [0.2, 0.25) is 0 Å². The normalized spacial score (nSPS) is 10.4. The Bertz CT molecular complexity index is 629. The lowest BCUT2D eigenvalue weighted by Gasteiger charge is -2.23. The minimum absolute atomic E-state index is 0.0267. The maximum absolute atomic E-state index is 12.5. The van der Waals surface area contributed by atoms with Crippen molar-refractivity contribution in [2.75, 3.05) is 19.6 Å². The molecule has 2 rings (SSSR count). The summed E-state index contributed by atoms with van der Waals surface area (Å²) in [6.07, 6.45) is 1.05. The SMILES string of the molecule is NCCCN(Cc1ccccc1)C(=O)CCNC(=O)c1cccs1. The molecule has 1 heterocycles. The minimum atomic E-state index is -0.130. The summed E-state index contributed by atoms with van der Waals surface area (Å²) in [5.41, 5.74) is 6.66. The second-order valence-electron chi connectivity index (χ2n) is 5.43. The lowest BCUT2D eigenvalue weighted by Crippen LogP contribution is -2.35. The minimum Gasteiger partial charge on any atom is -0.351 e. The van der Waals surface area contributed by atoms with Gasteiger partial charge in [0.25, 0.3) is 5.91 Å². The van der Waals surface area contributed by atoms with Crippen molar-refractivity contribution in [3.63, 3.8) is 0 Å². The Balaban J connectivity index is 1.84. The van der Waals surface area contributed by atoms with Crippen molar-refractivity contribution in [3.05, 3.63) is 58.3 Å². The molecular weight excluding hydrogens is 322 g/mol. The highest BCUT2D eigenvalue weighted by Gasteiger charge is 2.14. The lowest BCUT2D eigenvalue weighted by molar-refractivity contribution is -0.131. The predicted octanol–water partition coefficient (Wildman–Crippen LogP) is 2.25. The van der Waals surface area contributed by atoms with Gasteiger partial charge in [0.15, 0.2) is 0 Å². The van der Waals surface area contributed by atoms with Crippen molar-refractivity contribution in [2.24, 2.45) is 5.73 Å². The molecule has 0 saturated heterocycles. The summed E-state index contributed by atoms with van der Waals surface area (Å²) in [4.78, 5) is 26.8. The molecule has 0 aliphatic rings. The van der Waals surface area contributed by atoms with Gasteiger partial charge in [0.1, 0.15) is 0 Å². The molecule has 0 atom stereocenters. The maximum Gasteiger partial charge on any atom is 0.261 e. The molecule has 5 nitrogen and oxygen atoms in total. The molecule has 0 aliphatic carbocycles. The summed E-state index contributed by atoms with van der Waals surface area (Å²) in [6, 6.07) is 13.5. The summed E-state index contributed by atoms with van der Waals surface area (Å²) in [7, 11) is 0. The third-order valence-electron chi connectivity index (χ3n) is 3.57. The van der Waals surface area contributed by atoms with Gasteiger partial charge in [-0.25, -0.2) is 0 Å². The van der Waals surface area contributed by atoms with E-state index in [9.17, 15) is 9.59 Å². The summed E-state index contributed by atoms with van der Waals surface area (Å²) < 4.78 is 0. The molecule has 128 valence electrons. The lowest BCUT2D eigenvalue weighted by atomic mass is 10.2. The number of nitrogens with one attached hydrogen (secondary N) is 1. The molecule has 6 heteroatoms.